The molecule has 0 spiro atoms. The smallest absolute Gasteiger partial charge is 0.0540 e. The van der Waals surface area contributed by atoms with Crippen LogP contribution in [0.5, 0.6) is 0 Å². The number of anilines is 6. The molecule has 0 aliphatic heterocycles. The van der Waals surface area contributed by atoms with Gasteiger partial charge in [-0.05, 0) is 237 Å². The van der Waals surface area contributed by atoms with E-state index >= 15 is 0 Å². The van der Waals surface area contributed by atoms with E-state index in [0.717, 1.165) is 34.1 Å². The molecule has 0 atom stereocenters. The summed E-state index contributed by atoms with van der Waals surface area (Å²) >= 11 is 0. The second kappa shape index (κ2) is 26.6. The number of nitrogens with zero attached hydrogens (tertiary/aromatic N) is 2. The molecule has 12 aromatic carbocycles. The summed E-state index contributed by atoms with van der Waals surface area (Å²) in [7, 11) is 0. The second-order valence-corrected chi connectivity index (χ2v) is 41.6. The van der Waals surface area contributed by atoms with Crippen LogP contribution in [0.1, 0.15) is 263 Å². The van der Waals surface area contributed by atoms with Crippen LogP contribution >= 0.6 is 0 Å². The van der Waals surface area contributed by atoms with E-state index in [1.165, 1.54) is 132 Å². The molecule has 0 bridgehead atoms. The lowest BCUT2D eigenvalue weighted by molar-refractivity contribution is 0.568. The van der Waals surface area contributed by atoms with Crippen molar-refractivity contribution in [1.29, 1.82) is 0 Å². The largest absolute Gasteiger partial charge is 0.310 e. The molecule has 0 saturated heterocycles. The zero-order valence-electron chi connectivity index (χ0n) is 70.5. The van der Waals surface area contributed by atoms with Crippen molar-refractivity contribution in [3.63, 3.8) is 0 Å². The Hall–Kier alpha value is -8.72. The quantitative estimate of drug-likeness (QED) is 0.126. The van der Waals surface area contributed by atoms with Crippen LogP contribution in [-0.2, 0) is 54.1 Å². The molecule has 0 amide bonds. The standard InChI is InChI=1S/C104H124N2/c1-95(2,3)75-47-69(48-76(59-75)96(4,5)6)65-31-39-85(40-32-65)105(87-57-73(55-83(63-87)103(25,26)27)71-51-79(99(13,14)15)61-80(52-71)100(16,17)18)91-45-37-67-36-44-90-92(46-38-68-35-43-89(91)93(67)94(68)90)106(86-41-33-66(34-42-86)70-49-77(97(7,8)9)60-78(50-70)98(10,11)12)88-58-74(56-84(64-88)104(28,29)30)72-53-81(101(19,20)21)62-82(54-72)102(22,23)24/h31-64H,1-30H3. The predicted octanol–water partition coefficient (Wildman–Crippen LogP) is 31.2. The number of rotatable bonds is 10. The summed E-state index contributed by atoms with van der Waals surface area (Å²) in [6.07, 6.45) is 0. The molecule has 0 fully saturated rings. The molecule has 0 unspecified atom stereocenters. The van der Waals surface area contributed by atoms with E-state index in [0.29, 0.717) is 0 Å². The highest BCUT2D eigenvalue weighted by Gasteiger charge is 2.31. The lowest BCUT2D eigenvalue weighted by Gasteiger charge is -2.32. The van der Waals surface area contributed by atoms with Crippen molar-refractivity contribution in [3.8, 4) is 44.5 Å². The summed E-state index contributed by atoms with van der Waals surface area (Å²) in [5.74, 6) is 0. The molecular weight excluding hydrogens is 1280 g/mol. The Labute approximate surface area is 640 Å². The normalized spacial score (nSPS) is 13.4. The molecule has 2 heteroatoms. The monoisotopic (exact) mass is 1400 g/mol. The summed E-state index contributed by atoms with van der Waals surface area (Å²) in [5.41, 5.74) is 29.3. The van der Waals surface area contributed by atoms with Crippen LogP contribution in [0.15, 0.2) is 206 Å². The van der Waals surface area contributed by atoms with E-state index in [4.69, 9.17) is 0 Å². The third-order valence-electron chi connectivity index (χ3n) is 22.4. The van der Waals surface area contributed by atoms with Gasteiger partial charge in [0.2, 0.25) is 0 Å². The highest BCUT2D eigenvalue weighted by molar-refractivity contribution is 6.28. The Kier molecular flexibility index (Phi) is 19.3. The van der Waals surface area contributed by atoms with Crippen molar-refractivity contribution < 1.29 is 0 Å². The molecule has 2 nitrogen and oxygen atoms in total. The maximum absolute atomic E-state index is 2.58. The first kappa shape index (κ1) is 76.9. The van der Waals surface area contributed by atoms with Gasteiger partial charge in [0.05, 0.1) is 11.4 Å². The minimum absolute atomic E-state index is 0.0183. The number of hydrogen-bond donors (Lipinski definition) is 0. The molecule has 550 valence electrons. The van der Waals surface area contributed by atoms with Crippen LogP contribution < -0.4 is 9.80 Å². The Morgan fingerprint density at radius 2 is 0.349 bits per heavy atom. The molecule has 0 N–H and O–H groups in total. The van der Waals surface area contributed by atoms with Gasteiger partial charge in [-0.3, -0.25) is 0 Å². The van der Waals surface area contributed by atoms with Gasteiger partial charge in [0.15, 0.2) is 0 Å². The lowest BCUT2D eigenvalue weighted by Crippen LogP contribution is -2.17. The summed E-state index contributed by atoms with van der Waals surface area (Å²) < 4.78 is 0. The SMILES string of the molecule is CC(C)(C)c1cc(-c2cc(C(C)(C)C)cc(C(C)(C)C)c2)cc(N(c2ccc(-c3cc(C(C)(C)C)cc(C(C)(C)C)c3)cc2)c2ccc3ccc4c(N(c5ccc(-c6cc(C(C)(C)C)cc(C(C)(C)C)c6)cc5)c5cc(-c6cc(C(C)(C)C)cc(C(C)(C)C)c6)cc(C(C)(C)C)c5)ccc5ccc2c3c54)c1. The summed E-state index contributed by atoms with van der Waals surface area (Å²) in [6.45, 7) is 70.4. The first-order valence-corrected chi connectivity index (χ1v) is 39.3. The van der Waals surface area contributed by atoms with Gasteiger partial charge in [0.1, 0.15) is 0 Å². The van der Waals surface area contributed by atoms with Crippen molar-refractivity contribution in [1.82, 2.24) is 0 Å². The van der Waals surface area contributed by atoms with Gasteiger partial charge in [-0.25, -0.2) is 0 Å². The van der Waals surface area contributed by atoms with E-state index in [1.807, 2.05) is 0 Å². The van der Waals surface area contributed by atoms with Crippen LogP contribution in [0, 0.1) is 0 Å². The first-order valence-electron chi connectivity index (χ1n) is 39.3. The van der Waals surface area contributed by atoms with E-state index < -0.39 is 0 Å². The third kappa shape index (κ3) is 15.8. The fraction of sp³-hybridized carbons (Fsp3) is 0.385. The third-order valence-corrected chi connectivity index (χ3v) is 22.4. The van der Waals surface area contributed by atoms with Gasteiger partial charge in [-0.15, -0.1) is 0 Å². The minimum atomic E-state index is -0.172. The molecule has 0 radical (unpaired) electrons. The highest BCUT2D eigenvalue weighted by Crippen LogP contribution is 2.52. The second-order valence-electron chi connectivity index (χ2n) is 41.6. The van der Waals surface area contributed by atoms with Gasteiger partial charge in [-0.1, -0.05) is 353 Å². The Morgan fingerprint density at radius 1 is 0.160 bits per heavy atom. The summed E-state index contributed by atoms with van der Waals surface area (Å²) in [4.78, 5) is 5.16. The summed E-state index contributed by atoms with van der Waals surface area (Å²) in [6, 6.07) is 82.3. The van der Waals surface area contributed by atoms with Crippen LogP contribution in [0.4, 0.5) is 34.1 Å². The number of benzene rings is 12. The molecule has 0 aromatic heterocycles. The van der Waals surface area contributed by atoms with Crippen LogP contribution in [-0.4, -0.2) is 0 Å². The molecule has 12 aromatic rings. The Bertz CT molecular complexity index is 4820. The molecule has 12 rings (SSSR count). The fourth-order valence-electron chi connectivity index (χ4n) is 14.9. The maximum Gasteiger partial charge on any atom is 0.0540 e. The molecule has 0 aliphatic rings. The van der Waals surface area contributed by atoms with E-state index in [1.54, 1.807) is 0 Å². The minimum Gasteiger partial charge on any atom is -0.310 e. The van der Waals surface area contributed by atoms with Crippen LogP contribution in [0.3, 0.4) is 0 Å². The van der Waals surface area contributed by atoms with Crippen molar-refractivity contribution in [2.24, 2.45) is 0 Å². The molecular formula is C104H124N2. The van der Waals surface area contributed by atoms with Crippen molar-refractivity contribution in [3.05, 3.63) is 262 Å². The van der Waals surface area contributed by atoms with Crippen LogP contribution in [0.2, 0.25) is 0 Å². The molecule has 106 heavy (non-hydrogen) atoms. The Morgan fingerprint density at radius 3 is 0.566 bits per heavy atom. The number of hydrogen-bond acceptors (Lipinski definition) is 2. The first-order chi connectivity index (χ1) is 48.8. The van der Waals surface area contributed by atoms with Crippen LogP contribution in [0.25, 0.3) is 76.8 Å². The molecule has 0 aliphatic carbocycles. The topological polar surface area (TPSA) is 6.48 Å². The van der Waals surface area contributed by atoms with Gasteiger partial charge in [0, 0.05) is 33.5 Å². The zero-order chi connectivity index (χ0) is 77.5. The highest BCUT2D eigenvalue weighted by atomic mass is 15.2. The van der Waals surface area contributed by atoms with E-state index in [9.17, 15) is 0 Å². The maximum atomic E-state index is 2.58. The van der Waals surface area contributed by atoms with Gasteiger partial charge in [-0.2, -0.15) is 0 Å². The van der Waals surface area contributed by atoms with Crippen molar-refractivity contribution in [2.75, 3.05) is 9.80 Å². The molecule has 0 heterocycles. The van der Waals surface area contributed by atoms with Crippen molar-refractivity contribution in [2.45, 2.75) is 262 Å². The fourth-order valence-corrected chi connectivity index (χ4v) is 14.9. The predicted molar refractivity (Wildman–Crippen MR) is 468 cm³/mol. The molecule has 0 saturated carbocycles. The average molecular weight is 1400 g/mol. The van der Waals surface area contributed by atoms with Gasteiger partial charge in [0.25, 0.3) is 0 Å². The lowest BCUT2D eigenvalue weighted by atomic mass is 9.78. The van der Waals surface area contributed by atoms with Gasteiger partial charge < -0.3 is 9.80 Å². The summed E-state index contributed by atoms with van der Waals surface area (Å²) in [5, 5.41) is 7.33. The van der Waals surface area contributed by atoms with Gasteiger partial charge >= 0.3 is 0 Å². The average Bonchev–Trinajstić information content (AvgIpc) is 0.717. The van der Waals surface area contributed by atoms with Crippen molar-refractivity contribution >= 4 is 66.4 Å². The van der Waals surface area contributed by atoms with E-state index in [2.05, 4.69) is 424 Å². The Balaban J connectivity index is 1.14. The van der Waals surface area contributed by atoms with E-state index in [-0.39, 0.29) is 54.1 Å². The zero-order valence-corrected chi connectivity index (χ0v) is 70.5.